The molecule has 1 saturated heterocycles. The summed E-state index contributed by atoms with van der Waals surface area (Å²) < 4.78 is 9.59. The Labute approximate surface area is 131 Å². The third-order valence-electron chi connectivity index (χ3n) is 3.50. The highest BCUT2D eigenvalue weighted by atomic mass is 16.6. The van der Waals surface area contributed by atoms with Crippen LogP contribution >= 0.6 is 0 Å². The van der Waals surface area contributed by atoms with Crippen LogP contribution in [0.1, 0.15) is 22.0 Å². The number of ether oxygens (including phenoxy) is 1. The van der Waals surface area contributed by atoms with Crippen LogP contribution in [0, 0.1) is 0 Å². The molecule has 1 aliphatic rings. The standard InChI is InChI=1S/C16H14N2O5/c19-14-10-23-16(21)18(14)8-13(11-4-2-1-3-5-11)17-15(20)12-6-7-22-9-12/h1-7,9,13H,8,10H2,(H,17,20). The van der Waals surface area contributed by atoms with Gasteiger partial charge in [-0.2, -0.15) is 0 Å². The molecule has 118 valence electrons. The van der Waals surface area contributed by atoms with Gasteiger partial charge >= 0.3 is 6.09 Å². The first kappa shape index (κ1) is 14.8. The molecular formula is C16H14N2O5. The zero-order valence-electron chi connectivity index (χ0n) is 12.1. The molecule has 1 atom stereocenters. The summed E-state index contributed by atoms with van der Waals surface area (Å²) in [5.41, 5.74) is 1.14. The van der Waals surface area contributed by atoms with Crippen molar-refractivity contribution in [2.75, 3.05) is 13.2 Å². The van der Waals surface area contributed by atoms with Crippen LogP contribution in [0.15, 0.2) is 53.3 Å². The summed E-state index contributed by atoms with van der Waals surface area (Å²) in [5.74, 6) is -0.777. The lowest BCUT2D eigenvalue weighted by molar-refractivity contribution is -0.126. The molecule has 0 bridgehead atoms. The summed E-state index contributed by atoms with van der Waals surface area (Å²) in [6.45, 7) is -0.263. The molecule has 2 aromatic rings. The summed E-state index contributed by atoms with van der Waals surface area (Å²) in [6, 6.07) is 10.1. The number of amides is 3. The van der Waals surface area contributed by atoms with Crippen molar-refractivity contribution in [3.63, 3.8) is 0 Å². The summed E-state index contributed by atoms with van der Waals surface area (Å²) in [7, 11) is 0. The Bertz CT molecular complexity index is 695. The van der Waals surface area contributed by atoms with Crippen LogP contribution in [0.25, 0.3) is 0 Å². The number of rotatable bonds is 5. The highest BCUT2D eigenvalue weighted by molar-refractivity contribution is 5.98. The van der Waals surface area contributed by atoms with Gasteiger partial charge in [0.25, 0.3) is 11.8 Å². The molecule has 1 N–H and O–H groups in total. The quantitative estimate of drug-likeness (QED) is 0.908. The second kappa shape index (κ2) is 6.35. The minimum atomic E-state index is -0.700. The molecule has 1 fully saturated rings. The number of carbonyl (C=O) groups excluding carboxylic acids is 3. The van der Waals surface area contributed by atoms with Crippen LogP contribution in [0.2, 0.25) is 0 Å². The second-order valence-electron chi connectivity index (χ2n) is 5.01. The van der Waals surface area contributed by atoms with Crippen molar-refractivity contribution in [3.8, 4) is 0 Å². The monoisotopic (exact) mass is 314 g/mol. The largest absolute Gasteiger partial charge is 0.472 e. The van der Waals surface area contributed by atoms with Gasteiger partial charge in [0.05, 0.1) is 24.4 Å². The number of furan rings is 1. The molecular weight excluding hydrogens is 300 g/mol. The Kier molecular flexibility index (Phi) is 4.09. The van der Waals surface area contributed by atoms with Crippen molar-refractivity contribution in [1.82, 2.24) is 10.2 Å². The lowest BCUT2D eigenvalue weighted by atomic mass is 10.1. The Hall–Kier alpha value is -3.09. The number of carbonyl (C=O) groups is 3. The van der Waals surface area contributed by atoms with Gasteiger partial charge in [0.2, 0.25) is 0 Å². The van der Waals surface area contributed by atoms with E-state index in [2.05, 4.69) is 5.32 Å². The normalized spacial score (nSPS) is 15.4. The maximum Gasteiger partial charge on any atom is 0.417 e. The smallest absolute Gasteiger partial charge is 0.417 e. The van der Waals surface area contributed by atoms with Gasteiger partial charge in [0, 0.05) is 0 Å². The van der Waals surface area contributed by atoms with E-state index >= 15 is 0 Å². The molecule has 0 aliphatic carbocycles. The Morgan fingerprint density at radius 1 is 1.22 bits per heavy atom. The van der Waals surface area contributed by atoms with Crippen molar-refractivity contribution < 1.29 is 23.5 Å². The van der Waals surface area contributed by atoms with Gasteiger partial charge in [-0.1, -0.05) is 30.3 Å². The number of imide groups is 1. The van der Waals surface area contributed by atoms with E-state index in [1.165, 1.54) is 18.6 Å². The molecule has 1 aromatic heterocycles. The van der Waals surface area contributed by atoms with E-state index in [9.17, 15) is 14.4 Å². The number of cyclic esters (lactones) is 1. The van der Waals surface area contributed by atoms with E-state index in [1.54, 1.807) is 0 Å². The van der Waals surface area contributed by atoms with Gasteiger partial charge in [-0.15, -0.1) is 0 Å². The summed E-state index contributed by atoms with van der Waals surface area (Å²) >= 11 is 0. The third-order valence-corrected chi connectivity index (χ3v) is 3.50. The first-order valence-electron chi connectivity index (χ1n) is 7.00. The average molecular weight is 314 g/mol. The van der Waals surface area contributed by atoms with Crippen molar-refractivity contribution >= 4 is 17.9 Å². The molecule has 0 saturated carbocycles. The summed E-state index contributed by atoms with van der Waals surface area (Å²) in [5, 5.41) is 2.80. The van der Waals surface area contributed by atoms with Gasteiger partial charge in [0.1, 0.15) is 6.26 Å². The average Bonchev–Trinajstić information content (AvgIpc) is 3.20. The van der Waals surface area contributed by atoms with E-state index in [-0.39, 0.29) is 19.1 Å². The first-order valence-corrected chi connectivity index (χ1v) is 7.00. The number of nitrogens with one attached hydrogen (secondary N) is 1. The molecule has 7 nitrogen and oxygen atoms in total. The molecule has 0 spiro atoms. The van der Waals surface area contributed by atoms with Crippen LogP contribution in [-0.2, 0) is 9.53 Å². The van der Waals surface area contributed by atoms with Crippen LogP contribution in [0.4, 0.5) is 4.79 Å². The lowest BCUT2D eigenvalue weighted by Crippen LogP contribution is -2.40. The van der Waals surface area contributed by atoms with Crippen LogP contribution in [0.5, 0.6) is 0 Å². The Morgan fingerprint density at radius 3 is 2.61 bits per heavy atom. The maximum atomic E-state index is 12.2. The fourth-order valence-corrected chi connectivity index (χ4v) is 2.30. The number of nitrogens with zero attached hydrogens (tertiary/aromatic N) is 1. The van der Waals surface area contributed by atoms with Crippen molar-refractivity contribution in [2.24, 2.45) is 0 Å². The highest BCUT2D eigenvalue weighted by Crippen LogP contribution is 2.18. The zero-order chi connectivity index (χ0) is 16.2. The molecule has 3 amide bonds. The van der Waals surface area contributed by atoms with Crippen LogP contribution in [0.3, 0.4) is 0 Å². The minimum absolute atomic E-state index is 0.00523. The van der Waals surface area contributed by atoms with Gasteiger partial charge in [0.15, 0.2) is 6.61 Å². The second-order valence-corrected chi connectivity index (χ2v) is 5.01. The SMILES string of the molecule is O=C(NC(CN1C(=O)COC1=O)c1ccccc1)c1ccoc1. The van der Waals surface area contributed by atoms with Gasteiger partial charge in [-0.25, -0.2) is 9.69 Å². The molecule has 2 heterocycles. The molecule has 1 aliphatic heterocycles. The molecule has 7 heteroatoms. The summed E-state index contributed by atoms with van der Waals surface area (Å²) in [4.78, 5) is 36.6. The van der Waals surface area contributed by atoms with Crippen LogP contribution in [-0.4, -0.2) is 36.0 Å². The van der Waals surface area contributed by atoms with E-state index in [0.717, 1.165) is 10.5 Å². The van der Waals surface area contributed by atoms with E-state index in [1.807, 2.05) is 30.3 Å². The predicted octanol–water partition coefficient (Wildman–Crippen LogP) is 1.73. The van der Waals surface area contributed by atoms with Crippen molar-refractivity contribution in [3.05, 3.63) is 60.1 Å². The van der Waals surface area contributed by atoms with Crippen molar-refractivity contribution in [2.45, 2.75) is 6.04 Å². The molecule has 0 radical (unpaired) electrons. The van der Waals surface area contributed by atoms with E-state index in [0.29, 0.717) is 5.56 Å². The summed E-state index contributed by atoms with van der Waals surface area (Å²) in [6.07, 6.45) is 2.02. The minimum Gasteiger partial charge on any atom is -0.472 e. The Balaban J connectivity index is 1.81. The van der Waals surface area contributed by atoms with E-state index < -0.39 is 18.0 Å². The topological polar surface area (TPSA) is 88.9 Å². The highest BCUT2D eigenvalue weighted by Gasteiger charge is 2.33. The first-order chi connectivity index (χ1) is 11.1. The molecule has 23 heavy (non-hydrogen) atoms. The fourth-order valence-electron chi connectivity index (χ4n) is 2.30. The van der Waals surface area contributed by atoms with E-state index in [4.69, 9.17) is 9.15 Å². The lowest BCUT2D eigenvalue weighted by Gasteiger charge is -2.22. The Morgan fingerprint density at radius 2 is 2.00 bits per heavy atom. The van der Waals surface area contributed by atoms with Crippen molar-refractivity contribution in [1.29, 1.82) is 0 Å². The van der Waals surface area contributed by atoms with Gasteiger partial charge in [-0.3, -0.25) is 9.59 Å². The molecule has 1 unspecified atom stereocenters. The molecule has 1 aromatic carbocycles. The third kappa shape index (κ3) is 3.23. The number of hydrogen-bond donors (Lipinski definition) is 1. The maximum absolute atomic E-state index is 12.2. The fraction of sp³-hybridized carbons (Fsp3) is 0.188. The molecule has 3 rings (SSSR count). The van der Waals surface area contributed by atoms with Gasteiger partial charge < -0.3 is 14.5 Å². The predicted molar refractivity (Wildman–Crippen MR) is 78.4 cm³/mol. The van der Waals surface area contributed by atoms with Gasteiger partial charge in [-0.05, 0) is 11.6 Å². The zero-order valence-corrected chi connectivity index (χ0v) is 12.1. The number of benzene rings is 1. The number of hydrogen-bond acceptors (Lipinski definition) is 5. The van der Waals surface area contributed by atoms with Crippen LogP contribution < -0.4 is 5.32 Å².